The van der Waals surface area contributed by atoms with Crippen LogP contribution >= 0.6 is 0 Å². The van der Waals surface area contributed by atoms with Gasteiger partial charge in [-0.25, -0.2) is 13.1 Å². The summed E-state index contributed by atoms with van der Waals surface area (Å²) in [6.45, 7) is 1.80. The van der Waals surface area contributed by atoms with Crippen LogP contribution in [0.1, 0.15) is 24.8 Å². The summed E-state index contributed by atoms with van der Waals surface area (Å²) in [7, 11) is -3.44. The summed E-state index contributed by atoms with van der Waals surface area (Å²) in [4.78, 5) is 0.281. The number of hydrogen-bond donors (Lipinski definition) is 2. The van der Waals surface area contributed by atoms with Crippen molar-refractivity contribution in [1.82, 2.24) is 4.72 Å². The van der Waals surface area contributed by atoms with Gasteiger partial charge < -0.3 is 5.73 Å². The molecule has 1 aromatic carbocycles. The Morgan fingerprint density at radius 1 is 1.33 bits per heavy atom. The highest BCUT2D eigenvalue weighted by Gasteiger charge is 2.20. The van der Waals surface area contributed by atoms with E-state index in [1.54, 1.807) is 25.1 Å². The number of benzene rings is 1. The lowest BCUT2D eigenvalue weighted by molar-refractivity contribution is 0.522. The monoisotopic (exact) mass is 266 g/mol. The van der Waals surface area contributed by atoms with Crippen LogP contribution in [0.4, 0.5) is 5.69 Å². The Morgan fingerprint density at radius 3 is 2.72 bits per heavy atom. The minimum Gasteiger partial charge on any atom is -0.399 e. The molecule has 1 atom stereocenters. The van der Waals surface area contributed by atoms with E-state index >= 15 is 0 Å². The molecule has 0 bridgehead atoms. The van der Waals surface area contributed by atoms with Gasteiger partial charge in [0.2, 0.25) is 10.0 Å². The van der Waals surface area contributed by atoms with E-state index in [1.165, 1.54) is 0 Å². The van der Waals surface area contributed by atoms with E-state index in [1.807, 2.05) is 6.08 Å². The van der Waals surface area contributed by atoms with Crippen LogP contribution in [0.25, 0.3) is 0 Å². The van der Waals surface area contributed by atoms with E-state index in [9.17, 15) is 8.42 Å². The highest BCUT2D eigenvalue weighted by Crippen LogP contribution is 2.19. The van der Waals surface area contributed by atoms with Gasteiger partial charge in [0, 0.05) is 11.7 Å². The van der Waals surface area contributed by atoms with E-state index in [-0.39, 0.29) is 10.9 Å². The molecule has 2 rings (SSSR count). The third kappa shape index (κ3) is 2.91. The standard InChI is InChI=1S/C13H18N2O2S/c1-10-9-12(7-8-13(10)14)18(16,17)15-11-5-3-2-4-6-11/h2-3,7-9,11,15H,4-6,14H2,1H3. The minimum atomic E-state index is -3.44. The Bertz CT molecular complexity index is 564. The summed E-state index contributed by atoms with van der Waals surface area (Å²) < 4.78 is 27.1. The molecule has 5 heteroatoms. The van der Waals surface area contributed by atoms with Gasteiger partial charge in [-0.15, -0.1) is 0 Å². The predicted molar refractivity (Wildman–Crippen MR) is 72.7 cm³/mol. The number of sulfonamides is 1. The lowest BCUT2D eigenvalue weighted by Crippen LogP contribution is -2.35. The molecule has 98 valence electrons. The van der Waals surface area contributed by atoms with E-state index < -0.39 is 10.0 Å². The fourth-order valence-electron chi connectivity index (χ4n) is 2.00. The first kappa shape index (κ1) is 13.1. The smallest absolute Gasteiger partial charge is 0.240 e. The number of anilines is 1. The second kappa shape index (κ2) is 5.12. The topological polar surface area (TPSA) is 72.2 Å². The quantitative estimate of drug-likeness (QED) is 0.649. The largest absolute Gasteiger partial charge is 0.399 e. The van der Waals surface area contributed by atoms with Gasteiger partial charge in [0.05, 0.1) is 4.90 Å². The summed E-state index contributed by atoms with van der Waals surface area (Å²) in [5.41, 5.74) is 7.08. The van der Waals surface area contributed by atoms with Crippen molar-refractivity contribution in [3.63, 3.8) is 0 Å². The van der Waals surface area contributed by atoms with Crippen molar-refractivity contribution < 1.29 is 8.42 Å². The lowest BCUT2D eigenvalue weighted by Gasteiger charge is -2.19. The van der Waals surface area contributed by atoms with Gasteiger partial charge in [-0.1, -0.05) is 12.2 Å². The second-order valence-electron chi connectivity index (χ2n) is 4.62. The molecule has 18 heavy (non-hydrogen) atoms. The maximum absolute atomic E-state index is 12.2. The molecule has 0 aliphatic heterocycles. The van der Waals surface area contributed by atoms with Crippen molar-refractivity contribution in [2.75, 3.05) is 5.73 Å². The molecule has 0 fully saturated rings. The molecule has 1 aliphatic carbocycles. The Balaban J connectivity index is 2.19. The van der Waals surface area contributed by atoms with Crippen LogP contribution in [-0.2, 0) is 10.0 Å². The highest BCUT2D eigenvalue weighted by atomic mass is 32.2. The molecular weight excluding hydrogens is 248 g/mol. The number of aryl methyl sites for hydroxylation is 1. The first-order chi connectivity index (χ1) is 8.49. The summed E-state index contributed by atoms with van der Waals surface area (Å²) in [6.07, 6.45) is 6.63. The Morgan fingerprint density at radius 2 is 2.11 bits per heavy atom. The molecule has 4 nitrogen and oxygen atoms in total. The third-order valence-electron chi connectivity index (χ3n) is 3.14. The zero-order valence-corrected chi connectivity index (χ0v) is 11.2. The molecule has 0 saturated heterocycles. The van der Waals surface area contributed by atoms with Crippen molar-refractivity contribution >= 4 is 15.7 Å². The summed E-state index contributed by atoms with van der Waals surface area (Å²) >= 11 is 0. The van der Waals surface area contributed by atoms with Gasteiger partial charge in [-0.2, -0.15) is 0 Å². The van der Waals surface area contributed by atoms with Gasteiger partial charge in [0.15, 0.2) is 0 Å². The molecule has 0 radical (unpaired) electrons. The van der Waals surface area contributed by atoms with Gasteiger partial charge in [0.25, 0.3) is 0 Å². The van der Waals surface area contributed by atoms with Gasteiger partial charge in [0.1, 0.15) is 0 Å². The first-order valence-electron chi connectivity index (χ1n) is 6.02. The molecule has 0 spiro atoms. The maximum Gasteiger partial charge on any atom is 0.240 e. The number of rotatable bonds is 3. The number of allylic oxidation sites excluding steroid dienone is 1. The fraction of sp³-hybridized carbons (Fsp3) is 0.385. The Hall–Kier alpha value is -1.33. The van der Waals surface area contributed by atoms with E-state index in [2.05, 4.69) is 10.8 Å². The summed E-state index contributed by atoms with van der Waals surface area (Å²) in [5, 5.41) is 0. The molecule has 1 aliphatic rings. The van der Waals surface area contributed by atoms with Crippen LogP contribution < -0.4 is 10.5 Å². The molecular formula is C13H18N2O2S. The zero-order chi connectivity index (χ0) is 13.2. The molecule has 1 aromatic rings. The minimum absolute atomic E-state index is 0.00198. The van der Waals surface area contributed by atoms with Crippen LogP contribution in [0.5, 0.6) is 0 Å². The van der Waals surface area contributed by atoms with E-state index in [0.717, 1.165) is 24.8 Å². The number of nitrogens with two attached hydrogens (primary N) is 1. The Labute approximate surface area is 108 Å². The number of nitrogens with one attached hydrogen (secondary N) is 1. The number of nitrogen functional groups attached to an aromatic ring is 1. The van der Waals surface area contributed by atoms with Crippen molar-refractivity contribution in [3.8, 4) is 0 Å². The molecule has 0 heterocycles. The van der Waals surface area contributed by atoms with Crippen molar-refractivity contribution in [2.45, 2.75) is 37.1 Å². The Kier molecular flexibility index (Phi) is 3.73. The van der Waals surface area contributed by atoms with Crippen molar-refractivity contribution in [3.05, 3.63) is 35.9 Å². The van der Waals surface area contributed by atoms with Crippen LogP contribution in [0.3, 0.4) is 0 Å². The van der Waals surface area contributed by atoms with Crippen LogP contribution in [-0.4, -0.2) is 14.5 Å². The second-order valence-corrected chi connectivity index (χ2v) is 6.34. The fourth-order valence-corrected chi connectivity index (χ4v) is 3.37. The van der Waals surface area contributed by atoms with E-state index in [4.69, 9.17) is 5.73 Å². The lowest BCUT2D eigenvalue weighted by atomic mass is 10.0. The molecule has 0 saturated carbocycles. The maximum atomic E-state index is 12.2. The zero-order valence-electron chi connectivity index (χ0n) is 10.4. The van der Waals surface area contributed by atoms with Crippen LogP contribution in [0, 0.1) is 6.92 Å². The van der Waals surface area contributed by atoms with Gasteiger partial charge >= 0.3 is 0 Å². The summed E-state index contributed by atoms with van der Waals surface area (Å²) in [5.74, 6) is 0. The molecule has 0 aromatic heterocycles. The van der Waals surface area contributed by atoms with Crippen molar-refractivity contribution in [2.24, 2.45) is 0 Å². The third-order valence-corrected chi connectivity index (χ3v) is 4.66. The average molecular weight is 266 g/mol. The van der Waals surface area contributed by atoms with Crippen molar-refractivity contribution in [1.29, 1.82) is 0 Å². The number of hydrogen-bond acceptors (Lipinski definition) is 3. The molecule has 3 N–H and O–H groups in total. The summed E-state index contributed by atoms with van der Waals surface area (Å²) in [6, 6.07) is 4.78. The average Bonchev–Trinajstić information content (AvgIpc) is 2.33. The highest BCUT2D eigenvalue weighted by molar-refractivity contribution is 7.89. The van der Waals surface area contributed by atoms with Crippen LogP contribution in [0.2, 0.25) is 0 Å². The first-order valence-corrected chi connectivity index (χ1v) is 7.51. The van der Waals surface area contributed by atoms with Gasteiger partial charge in [-0.3, -0.25) is 0 Å². The SMILES string of the molecule is Cc1cc(S(=O)(=O)NC2CC=CCC2)ccc1N. The normalized spacial score (nSPS) is 19.9. The molecule has 1 unspecified atom stereocenters. The van der Waals surface area contributed by atoms with Gasteiger partial charge in [-0.05, 0) is 49.9 Å². The molecule has 0 amide bonds. The van der Waals surface area contributed by atoms with E-state index in [0.29, 0.717) is 5.69 Å². The van der Waals surface area contributed by atoms with Crippen LogP contribution in [0.15, 0.2) is 35.2 Å². The predicted octanol–water partition coefficient (Wildman–Crippen LogP) is 1.96.